The third-order valence-electron chi connectivity index (χ3n) is 6.27. The van der Waals surface area contributed by atoms with E-state index >= 15 is 0 Å². The zero-order valence-electron chi connectivity index (χ0n) is 23.6. The summed E-state index contributed by atoms with van der Waals surface area (Å²) in [6.45, 7) is 3.21. The maximum Gasteiger partial charge on any atom is 0.243 e. The number of nitrogens with one attached hydrogen (secondary N) is 1. The first-order valence-corrected chi connectivity index (χ1v) is 15.3. The van der Waals surface area contributed by atoms with E-state index in [9.17, 15) is 21.9 Å². The fraction of sp³-hybridized carbons (Fsp3) is 0.308. The topological polar surface area (TPSA) is 179 Å². The molecule has 2 aromatic carbocycles. The lowest BCUT2D eigenvalue weighted by molar-refractivity contribution is 0.0949. The number of phenols is 1. The summed E-state index contributed by atoms with van der Waals surface area (Å²) in [5, 5.41) is 17.8. The number of methoxy groups -OCH3 is 2. The highest BCUT2D eigenvalue weighted by Gasteiger charge is 2.35. The van der Waals surface area contributed by atoms with E-state index in [0.717, 1.165) is 9.87 Å². The Bertz CT molecular complexity index is 1790. The number of hydrogen-bond acceptors (Lipinski definition) is 11. The van der Waals surface area contributed by atoms with E-state index in [1.54, 1.807) is 19.3 Å². The highest BCUT2D eigenvalue weighted by atomic mass is 32.2. The first kappa shape index (κ1) is 30.7. The Hall–Kier alpha value is -4.30. The van der Waals surface area contributed by atoms with Crippen LogP contribution in [-0.4, -0.2) is 84.5 Å². The van der Waals surface area contributed by atoms with Crippen LogP contribution >= 0.6 is 0 Å². The molecule has 0 amide bonds. The Morgan fingerprint density at radius 1 is 1.10 bits per heavy atom. The van der Waals surface area contributed by atoms with Gasteiger partial charge in [-0.2, -0.15) is 0 Å². The van der Waals surface area contributed by atoms with Crippen LogP contribution in [0.3, 0.4) is 0 Å². The van der Waals surface area contributed by atoms with Crippen molar-refractivity contribution >= 4 is 26.0 Å². The third kappa shape index (κ3) is 5.85. The van der Waals surface area contributed by atoms with Gasteiger partial charge in [0.05, 0.1) is 17.6 Å². The van der Waals surface area contributed by atoms with Crippen LogP contribution in [0.2, 0.25) is 0 Å². The number of aryl methyl sites for hydroxylation is 1. The summed E-state index contributed by atoms with van der Waals surface area (Å²) in [6, 6.07) is 12.4. The molecule has 0 fully saturated rings. The maximum atomic E-state index is 13.6. The molecule has 0 radical (unpaired) electrons. The summed E-state index contributed by atoms with van der Waals surface area (Å²) in [4.78, 5) is 8.29. The van der Waals surface area contributed by atoms with Crippen molar-refractivity contribution in [1.29, 1.82) is 0 Å². The number of aromatic hydroxyl groups is 1. The maximum absolute atomic E-state index is 13.6. The molecule has 2 heterocycles. The van der Waals surface area contributed by atoms with E-state index in [0.29, 0.717) is 0 Å². The van der Waals surface area contributed by atoms with Crippen LogP contribution < -0.4 is 9.46 Å². The van der Waals surface area contributed by atoms with Gasteiger partial charge in [0.25, 0.3) is 0 Å². The molecule has 0 saturated carbocycles. The van der Waals surface area contributed by atoms with Gasteiger partial charge in [-0.15, -0.1) is 10.2 Å². The lowest BCUT2D eigenvalue weighted by atomic mass is 10.2. The molecule has 16 heteroatoms. The number of aromatic nitrogens is 5. The summed E-state index contributed by atoms with van der Waals surface area (Å²) in [5.74, 6) is -0.376. The third-order valence-corrected chi connectivity index (χ3v) is 9.76. The number of ether oxygens (including phenoxy) is 2. The van der Waals surface area contributed by atoms with Crippen LogP contribution in [-0.2, 0) is 24.8 Å². The molecule has 14 nitrogen and oxygen atoms in total. The summed E-state index contributed by atoms with van der Waals surface area (Å²) in [7, 11) is -2.68. The zero-order valence-corrected chi connectivity index (χ0v) is 25.2. The Labute approximate surface area is 244 Å². The number of hydrogen-bond donors (Lipinski definition) is 2. The van der Waals surface area contributed by atoms with Gasteiger partial charge in [-0.05, 0) is 37.6 Å². The highest BCUT2D eigenvalue weighted by Crippen LogP contribution is 2.37. The lowest BCUT2D eigenvalue weighted by Crippen LogP contribution is -2.33. The molecule has 4 aromatic rings. The molecule has 2 atom stereocenters. The molecule has 2 aromatic heterocycles. The first-order chi connectivity index (χ1) is 19.8. The fourth-order valence-corrected chi connectivity index (χ4v) is 5.99. The molecular weight excluding hydrogens is 586 g/mol. The number of sulfonamides is 2. The van der Waals surface area contributed by atoms with Gasteiger partial charge in [0.1, 0.15) is 28.5 Å². The van der Waals surface area contributed by atoms with Crippen molar-refractivity contribution in [1.82, 2.24) is 29.0 Å². The van der Waals surface area contributed by atoms with Gasteiger partial charge >= 0.3 is 0 Å². The number of para-hydroxylation sites is 1. The normalized spacial score (nSPS) is 13.4. The number of rotatable bonds is 11. The molecule has 0 saturated heterocycles. The van der Waals surface area contributed by atoms with Crippen molar-refractivity contribution < 1.29 is 31.4 Å². The number of benzene rings is 1. The molecular formula is C26H29N7O7S2. The average Bonchev–Trinajstić information content (AvgIpc) is 3.36. The number of nitrogens with zero attached hydrogens (tertiary/aromatic N) is 6. The minimum absolute atomic E-state index is 0.00946. The second-order valence-corrected chi connectivity index (χ2v) is 13.5. The van der Waals surface area contributed by atoms with Crippen molar-refractivity contribution in [2.75, 3.05) is 33.0 Å². The van der Waals surface area contributed by atoms with Crippen LogP contribution in [0.1, 0.15) is 24.4 Å². The molecule has 0 bridgehead atoms. The standard InChI is InChI=1S/C26H29N7O7S2/c1-16-14-27-24(28-15-16)23(40-6)17(2)41(35,36)31-26-30-29-25(33(26)22-20(34)11-8-12-21(22)39-5)18-9-7-10-19(13-18)42(37,38)32(3)4/h8,10-15,17,23,34H,1-6H3,(H,30,31)/t17-,23-/m0/s1. The second-order valence-electron chi connectivity index (χ2n) is 9.30. The SMILES string of the molecule is COc1cccc(O)c1-n1c(NS(=O)(=O)[C@@H](C)[C@H](OC)c2ncc(C)cn2)nnc1-c1c#ccc(S(=O)(=O)N(C)C)c1. The van der Waals surface area contributed by atoms with Crippen LogP contribution in [0.15, 0.2) is 47.6 Å². The van der Waals surface area contributed by atoms with Crippen LogP contribution in [0.4, 0.5) is 5.95 Å². The Balaban J connectivity index is 1.87. The minimum Gasteiger partial charge on any atom is -0.506 e. The molecule has 42 heavy (non-hydrogen) atoms. The van der Waals surface area contributed by atoms with E-state index in [-0.39, 0.29) is 45.2 Å². The monoisotopic (exact) mass is 615 g/mol. The van der Waals surface area contributed by atoms with E-state index in [4.69, 9.17) is 9.47 Å². The van der Waals surface area contributed by atoms with Gasteiger partial charge in [0.2, 0.25) is 26.0 Å². The van der Waals surface area contributed by atoms with Crippen molar-refractivity contribution in [2.45, 2.75) is 30.1 Å². The second kappa shape index (κ2) is 11.9. The van der Waals surface area contributed by atoms with Crippen LogP contribution in [0, 0.1) is 19.1 Å². The zero-order chi connectivity index (χ0) is 30.8. The summed E-state index contributed by atoms with van der Waals surface area (Å²) in [5.41, 5.74) is 0.873. The predicted octanol–water partition coefficient (Wildman–Crippen LogP) is 2.12. The molecule has 0 aliphatic carbocycles. The molecule has 0 aliphatic heterocycles. The highest BCUT2D eigenvalue weighted by molar-refractivity contribution is 7.93. The molecule has 0 unspecified atom stereocenters. The Morgan fingerprint density at radius 3 is 2.40 bits per heavy atom. The quantitative estimate of drug-likeness (QED) is 0.252. The number of anilines is 1. The fourth-order valence-electron chi connectivity index (χ4n) is 3.96. The smallest absolute Gasteiger partial charge is 0.243 e. The van der Waals surface area contributed by atoms with Crippen LogP contribution in [0.25, 0.3) is 17.1 Å². The lowest BCUT2D eigenvalue weighted by Gasteiger charge is -2.22. The van der Waals surface area contributed by atoms with Gasteiger partial charge < -0.3 is 14.6 Å². The molecule has 0 aliphatic rings. The largest absolute Gasteiger partial charge is 0.506 e. The minimum atomic E-state index is -4.28. The number of phenolic OH excluding ortho intramolecular Hbond substituents is 1. The van der Waals surface area contributed by atoms with Crippen molar-refractivity contribution in [3.8, 4) is 28.6 Å². The predicted molar refractivity (Wildman–Crippen MR) is 152 cm³/mol. The molecule has 222 valence electrons. The van der Waals surface area contributed by atoms with Gasteiger partial charge in [0.15, 0.2) is 11.6 Å². The first-order valence-electron chi connectivity index (χ1n) is 12.3. The van der Waals surface area contributed by atoms with Crippen molar-refractivity contribution in [2.24, 2.45) is 0 Å². The molecule has 4 rings (SSSR count). The average molecular weight is 616 g/mol. The molecule has 0 spiro atoms. The summed E-state index contributed by atoms with van der Waals surface area (Å²) in [6.07, 6.45) is 2.05. The van der Waals surface area contributed by atoms with Gasteiger partial charge in [0, 0.05) is 39.7 Å². The summed E-state index contributed by atoms with van der Waals surface area (Å²) < 4.78 is 68.4. The van der Waals surface area contributed by atoms with Gasteiger partial charge in [-0.3, -0.25) is 9.29 Å². The van der Waals surface area contributed by atoms with E-state index in [1.807, 2.05) is 0 Å². The summed E-state index contributed by atoms with van der Waals surface area (Å²) >= 11 is 0. The molecule has 2 N–H and O–H groups in total. The van der Waals surface area contributed by atoms with Crippen molar-refractivity contribution in [3.05, 3.63) is 66.2 Å². The van der Waals surface area contributed by atoms with E-state index in [2.05, 4.69) is 37.0 Å². The van der Waals surface area contributed by atoms with Crippen molar-refractivity contribution in [3.63, 3.8) is 0 Å². The van der Waals surface area contributed by atoms with E-state index in [1.165, 1.54) is 70.1 Å². The Kier molecular flexibility index (Phi) is 8.68. The van der Waals surface area contributed by atoms with Gasteiger partial charge in [-0.25, -0.2) is 31.1 Å². The Morgan fingerprint density at radius 2 is 1.79 bits per heavy atom. The van der Waals surface area contributed by atoms with Crippen LogP contribution in [0.5, 0.6) is 11.5 Å². The van der Waals surface area contributed by atoms with Gasteiger partial charge in [-0.1, -0.05) is 18.2 Å². The van der Waals surface area contributed by atoms with E-state index < -0.39 is 31.4 Å².